The van der Waals surface area contributed by atoms with Crippen LogP contribution in [0.15, 0.2) is 24.3 Å². The van der Waals surface area contributed by atoms with Crippen LogP contribution < -0.4 is 16.0 Å². The van der Waals surface area contributed by atoms with E-state index in [4.69, 9.17) is 12.2 Å². The van der Waals surface area contributed by atoms with Crippen LogP contribution in [0.1, 0.15) is 20.3 Å². The minimum atomic E-state index is -0.474. The van der Waals surface area contributed by atoms with Crippen molar-refractivity contribution < 1.29 is 9.18 Å². The molecule has 0 aliphatic heterocycles. The summed E-state index contributed by atoms with van der Waals surface area (Å²) >= 11 is 5.03. The Kier molecular flexibility index (Phi) is 6.21. The zero-order valence-corrected chi connectivity index (χ0v) is 11.8. The lowest BCUT2D eigenvalue weighted by Crippen LogP contribution is -2.46. The first-order valence-electron chi connectivity index (χ1n) is 6.14. The maximum Gasteiger partial charge on any atom is 0.242 e. The maximum atomic E-state index is 13.4. The molecule has 1 aromatic carbocycles. The Morgan fingerprint density at radius 3 is 2.74 bits per heavy atom. The summed E-state index contributed by atoms with van der Waals surface area (Å²) in [5.41, 5.74) is 0.279. The Morgan fingerprint density at radius 2 is 2.11 bits per heavy atom. The minimum absolute atomic E-state index is 0.139. The normalized spacial score (nSPS) is 11.5. The van der Waals surface area contributed by atoms with E-state index in [0.29, 0.717) is 6.54 Å². The van der Waals surface area contributed by atoms with E-state index >= 15 is 0 Å². The van der Waals surface area contributed by atoms with Gasteiger partial charge in [0.05, 0.1) is 5.69 Å². The number of thiocarbonyl (C=S) groups is 1. The second kappa shape index (κ2) is 7.68. The molecule has 0 radical (unpaired) electrons. The summed E-state index contributed by atoms with van der Waals surface area (Å²) in [5, 5.41) is 8.49. The van der Waals surface area contributed by atoms with Crippen LogP contribution >= 0.6 is 12.2 Å². The molecule has 1 aromatic rings. The van der Waals surface area contributed by atoms with Gasteiger partial charge in [-0.2, -0.15) is 0 Å². The van der Waals surface area contributed by atoms with Gasteiger partial charge in [0, 0.05) is 6.54 Å². The Hall–Kier alpha value is -1.69. The highest BCUT2D eigenvalue weighted by Crippen LogP contribution is 2.11. The first-order chi connectivity index (χ1) is 9.04. The standard InChI is InChI=1S/C13H18FN3OS/c1-3-8-15-12(18)9(2)16-13(19)17-11-7-5-4-6-10(11)14/h4-7,9H,3,8H2,1-2H3,(H,15,18)(H2,16,17,19)/t9-/m1/s1. The summed E-state index contributed by atoms with van der Waals surface area (Å²) in [6, 6.07) is 5.73. The van der Waals surface area contributed by atoms with Gasteiger partial charge in [0.2, 0.25) is 5.91 Å². The van der Waals surface area contributed by atoms with Crippen LogP contribution in [-0.2, 0) is 4.79 Å². The predicted molar refractivity (Wildman–Crippen MR) is 78.5 cm³/mol. The number of anilines is 1. The first-order valence-corrected chi connectivity index (χ1v) is 6.55. The third kappa shape index (κ3) is 5.21. The molecule has 1 atom stereocenters. The highest BCUT2D eigenvalue weighted by atomic mass is 32.1. The van der Waals surface area contributed by atoms with Gasteiger partial charge >= 0.3 is 0 Å². The second-order valence-corrected chi connectivity index (χ2v) is 4.50. The van der Waals surface area contributed by atoms with Gasteiger partial charge in [0.1, 0.15) is 11.9 Å². The van der Waals surface area contributed by atoms with E-state index in [-0.39, 0.29) is 16.7 Å². The zero-order valence-electron chi connectivity index (χ0n) is 11.0. The summed E-state index contributed by atoms with van der Waals surface area (Å²) < 4.78 is 13.4. The van der Waals surface area contributed by atoms with Crippen LogP contribution in [0.25, 0.3) is 0 Å². The number of amides is 1. The van der Waals surface area contributed by atoms with Crippen molar-refractivity contribution in [2.24, 2.45) is 0 Å². The number of para-hydroxylation sites is 1. The second-order valence-electron chi connectivity index (χ2n) is 4.09. The average Bonchev–Trinajstić information content (AvgIpc) is 2.38. The molecule has 4 nitrogen and oxygen atoms in total. The molecule has 0 aliphatic carbocycles. The number of hydrogen-bond acceptors (Lipinski definition) is 2. The summed E-state index contributed by atoms with van der Waals surface area (Å²) in [6.07, 6.45) is 0.871. The molecule has 0 fully saturated rings. The molecule has 0 heterocycles. The fourth-order valence-electron chi connectivity index (χ4n) is 1.38. The van der Waals surface area contributed by atoms with Crippen molar-refractivity contribution in [1.29, 1.82) is 0 Å². The van der Waals surface area contributed by atoms with Gasteiger partial charge in [0.15, 0.2) is 5.11 Å². The highest BCUT2D eigenvalue weighted by molar-refractivity contribution is 7.80. The summed E-state index contributed by atoms with van der Waals surface area (Å²) in [7, 11) is 0. The van der Waals surface area contributed by atoms with Crippen molar-refractivity contribution in [2.45, 2.75) is 26.3 Å². The number of rotatable bonds is 5. The lowest BCUT2D eigenvalue weighted by Gasteiger charge is -2.16. The molecular weight excluding hydrogens is 265 g/mol. The van der Waals surface area contributed by atoms with Crippen LogP contribution in [0, 0.1) is 5.82 Å². The largest absolute Gasteiger partial charge is 0.354 e. The van der Waals surface area contributed by atoms with E-state index in [0.717, 1.165) is 6.42 Å². The molecule has 0 aliphatic rings. The molecule has 0 spiro atoms. The fraction of sp³-hybridized carbons (Fsp3) is 0.385. The number of hydrogen-bond donors (Lipinski definition) is 3. The quantitative estimate of drug-likeness (QED) is 0.724. The number of benzene rings is 1. The van der Waals surface area contributed by atoms with Gasteiger partial charge in [-0.15, -0.1) is 0 Å². The van der Waals surface area contributed by atoms with Crippen LogP contribution in [-0.4, -0.2) is 23.6 Å². The molecule has 0 unspecified atom stereocenters. The predicted octanol–water partition coefficient (Wildman–Crippen LogP) is 2.03. The van der Waals surface area contributed by atoms with E-state index < -0.39 is 11.9 Å². The highest BCUT2D eigenvalue weighted by Gasteiger charge is 2.13. The molecule has 6 heteroatoms. The van der Waals surface area contributed by atoms with Gasteiger partial charge < -0.3 is 16.0 Å². The monoisotopic (exact) mass is 283 g/mol. The molecule has 0 bridgehead atoms. The molecule has 1 rings (SSSR count). The molecule has 19 heavy (non-hydrogen) atoms. The maximum absolute atomic E-state index is 13.4. The van der Waals surface area contributed by atoms with Crippen LogP contribution in [0.3, 0.4) is 0 Å². The van der Waals surface area contributed by atoms with Gasteiger partial charge in [-0.3, -0.25) is 4.79 Å². The first kappa shape index (κ1) is 15.4. The number of carbonyl (C=O) groups excluding carboxylic acids is 1. The van der Waals surface area contributed by atoms with Crippen molar-refractivity contribution in [3.8, 4) is 0 Å². The van der Waals surface area contributed by atoms with Gasteiger partial charge in [-0.1, -0.05) is 19.1 Å². The Labute approximate surface area is 117 Å². The van der Waals surface area contributed by atoms with Crippen LogP contribution in [0.2, 0.25) is 0 Å². The fourth-order valence-corrected chi connectivity index (χ4v) is 1.67. The van der Waals surface area contributed by atoms with E-state index in [1.54, 1.807) is 25.1 Å². The minimum Gasteiger partial charge on any atom is -0.354 e. The van der Waals surface area contributed by atoms with E-state index in [1.165, 1.54) is 6.07 Å². The molecule has 104 valence electrons. The lowest BCUT2D eigenvalue weighted by molar-refractivity contribution is -0.122. The van der Waals surface area contributed by atoms with Crippen molar-refractivity contribution in [2.75, 3.05) is 11.9 Å². The average molecular weight is 283 g/mol. The van der Waals surface area contributed by atoms with E-state index in [9.17, 15) is 9.18 Å². The van der Waals surface area contributed by atoms with Crippen molar-refractivity contribution in [1.82, 2.24) is 10.6 Å². The Bertz CT molecular complexity index is 453. The SMILES string of the molecule is CCCNC(=O)[C@@H](C)NC(=S)Nc1ccccc1F. The summed E-state index contributed by atoms with van der Waals surface area (Å²) in [5.74, 6) is -0.533. The van der Waals surface area contributed by atoms with Crippen LogP contribution in [0.4, 0.5) is 10.1 Å². The van der Waals surface area contributed by atoms with Crippen LogP contribution in [0.5, 0.6) is 0 Å². The molecule has 0 aromatic heterocycles. The summed E-state index contributed by atoms with van der Waals surface area (Å²) in [6.45, 7) is 4.29. The van der Waals surface area contributed by atoms with Crippen molar-refractivity contribution >= 4 is 28.9 Å². The topological polar surface area (TPSA) is 53.2 Å². The molecular formula is C13H18FN3OS. The molecule has 1 amide bonds. The van der Waals surface area contributed by atoms with Gasteiger partial charge in [-0.05, 0) is 37.7 Å². The molecule has 3 N–H and O–H groups in total. The lowest BCUT2D eigenvalue weighted by atomic mass is 10.3. The summed E-state index contributed by atoms with van der Waals surface area (Å²) in [4.78, 5) is 11.6. The van der Waals surface area contributed by atoms with Crippen molar-refractivity contribution in [3.63, 3.8) is 0 Å². The third-order valence-electron chi connectivity index (χ3n) is 2.41. The van der Waals surface area contributed by atoms with E-state index in [2.05, 4.69) is 16.0 Å². The Morgan fingerprint density at radius 1 is 1.42 bits per heavy atom. The third-order valence-corrected chi connectivity index (χ3v) is 2.63. The number of carbonyl (C=O) groups is 1. The number of halogens is 1. The Balaban J connectivity index is 2.47. The van der Waals surface area contributed by atoms with Crippen molar-refractivity contribution in [3.05, 3.63) is 30.1 Å². The van der Waals surface area contributed by atoms with Gasteiger partial charge in [-0.25, -0.2) is 4.39 Å². The zero-order chi connectivity index (χ0) is 14.3. The molecule has 0 saturated heterocycles. The smallest absolute Gasteiger partial charge is 0.242 e. The van der Waals surface area contributed by atoms with E-state index in [1.807, 2.05) is 6.92 Å². The van der Waals surface area contributed by atoms with Gasteiger partial charge in [0.25, 0.3) is 0 Å². The molecule has 0 saturated carbocycles. The number of nitrogens with one attached hydrogen (secondary N) is 3.